The molecular weight excluding hydrogens is 304 g/mol. The van der Waals surface area contributed by atoms with E-state index in [4.69, 9.17) is 0 Å². The molecule has 0 fully saturated rings. The summed E-state index contributed by atoms with van der Waals surface area (Å²) in [5.74, 6) is 5.18. The van der Waals surface area contributed by atoms with Crippen LogP contribution in [-0.4, -0.2) is 27.7 Å². The van der Waals surface area contributed by atoms with E-state index in [1.165, 1.54) is 24.2 Å². The topological polar surface area (TPSA) is 34.1 Å². The highest BCUT2D eigenvalue weighted by Crippen LogP contribution is 2.05. The van der Waals surface area contributed by atoms with Crippen LogP contribution in [0.4, 0.5) is 0 Å². The van der Waals surface area contributed by atoms with Crippen molar-refractivity contribution >= 4 is 38.1 Å². The quantitative estimate of drug-likeness (QED) is 0.613. The Morgan fingerprint density at radius 3 is 1.23 bits per heavy atom. The first kappa shape index (κ1) is 18.2. The average Bonchev–Trinajstić information content (AvgIpc) is 2.43. The third-order valence-corrected chi connectivity index (χ3v) is 8.48. The second kappa shape index (κ2) is 6.92. The second-order valence-electron chi connectivity index (χ2n) is 6.44. The van der Waals surface area contributed by atoms with Gasteiger partial charge in [0.05, 0.1) is 0 Å². The summed E-state index contributed by atoms with van der Waals surface area (Å²) in [5, 5.41) is 2.41. The highest BCUT2D eigenvalue weighted by molar-refractivity contribution is 6.98. The highest BCUT2D eigenvalue weighted by atomic mass is 28.3. The summed E-state index contributed by atoms with van der Waals surface area (Å²) in [7, 11) is -3.83. The Morgan fingerprint density at radius 2 is 1.00 bits per heavy atom. The minimum atomic E-state index is -1.92. The molecular formula is C18H22O2Si2. The van der Waals surface area contributed by atoms with Crippen molar-refractivity contribution in [2.45, 2.75) is 40.0 Å². The van der Waals surface area contributed by atoms with Crippen LogP contribution in [0.1, 0.15) is 13.8 Å². The van der Waals surface area contributed by atoms with E-state index in [1.807, 2.05) is 0 Å². The van der Waals surface area contributed by atoms with Crippen LogP contribution in [0.3, 0.4) is 0 Å². The van der Waals surface area contributed by atoms with Crippen molar-refractivity contribution in [3.05, 3.63) is 24.3 Å². The predicted molar refractivity (Wildman–Crippen MR) is 97.6 cm³/mol. The van der Waals surface area contributed by atoms with Crippen LogP contribution in [-0.2, 0) is 9.59 Å². The molecule has 0 saturated carbocycles. The maximum absolute atomic E-state index is 11.0. The van der Waals surface area contributed by atoms with Gasteiger partial charge in [-0.15, -0.1) is 11.1 Å². The number of rotatable bonds is 2. The smallest absolute Gasteiger partial charge is 0.201 e. The van der Waals surface area contributed by atoms with Gasteiger partial charge in [0.2, 0.25) is 11.6 Å². The van der Waals surface area contributed by atoms with Crippen LogP contribution >= 0.6 is 0 Å². The lowest BCUT2D eigenvalue weighted by molar-refractivity contribution is -0.112. The number of ketones is 2. The molecule has 0 aliphatic rings. The molecule has 0 radical (unpaired) electrons. The molecule has 1 aromatic carbocycles. The molecule has 2 nitrogen and oxygen atoms in total. The summed E-state index contributed by atoms with van der Waals surface area (Å²) < 4.78 is 0. The van der Waals surface area contributed by atoms with Crippen molar-refractivity contribution in [2.75, 3.05) is 0 Å². The molecule has 0 aliphatic heterocycles. The Labute approximate surface area is 135 Å². The van der Waals surface area contributed by atoms with Gasteiger partial charge in [0.15, 0.2) is 16.1 Å². The second-order valence-corrected chi connectivity index (χ2v) is 14.6. The minimum absolute atomic E-state index is 0.0924. The van der Waals surface area contributed by atoms with Crippen molar-refractivity contribution in [1.82, 2.24) is 0 Å². The molecule has 0 unspecified atom stereocenters. The maximum atomic E-state index is 11.0. The van der Waals surface area contributed by atoms with Crippen LogP contribution in [0.5, 0.6) is 0 Å². The van der Waals surface area contributed by atoms with E-state index in [-0.39, 0.29) is 11.6 Å². The molecule has 114 valence electrons. The number of hydrogen-bond donors (Lipinski definition) is 0. The van der Waals surface area contributed by atoms with Crippen molar-refractivity contribution in [3.8, 4) is 22.9 Å². The zero-order chi connectivity index (χ0) is 17.0. The van der Waals surface area contributed by atoms with Gasteiger partial charge in [-0.05, 0) is 22.2 Å². The molecule has 0 spiro atoms. The first-order valence-corrected chi connectivity index (χ1v) is 13.2. The van der Waals surface area contributed by atoms with Crippen LogP contribution in [0.15, 0.2) is 24.3 Å². The van der Waals surface area contributed by atoms with Gasteiger partial charge >= 0.3 is 0 Å². The van der Waals surface area contributed by atoms with Gasteiger partial charge < -0.3 is 0 Å². The molecule has 4 heteroatoms. The number of benzene rings is 1. The van der Waals surface area contributed by atoms with Crippen LogP contribution in [0.25, 0.3) is 0 Å². The zero-order valence-corrected chi connectivity index (χ0v) is 16.1. The Balaban J connectivity index is 3.11. The van der Waals surface area contributed by atoms with E-state index in [2.05, 4.69) is 73.4 Å². The molecule has 0 saturated heterocycles. The molecule has 1 rings (SSSR count). The Hall–Kier alpha value is -1.89. The summed E-state index contributed by atoms with van der Waals surface area (Å²) in [6.07, 6.45) is 0. The largest absolute Gasteiger partial charge is 0.285 e. The monoisotopic (exact) mass is 326 g/mol. The predicted octanol–water partition coefficient (Wildman–Crippen LogP) is 1.78. The summed E-state index contributed by atoms with van der Waals surface area (Å²) >= 11 is 0. The Kier molecular flexibility index (Phi) is 5.71. The van der Waals surface area contributed by atoms with Gasteiger partial charge in [-0.1, -0.05) is 50.5 Å². The molecule has 0 aromatic heterocycles. The average molecular weight is 327 g/mol. The van der Waals surface area contributed by atoms with Gasteiger partial charge in [-0.2, -0.15) is 0 Å². The van der Waals surface area contributed by atoms with Crippen LogP contribution in [0, 0.1) is 22.9 Å². The maximum Gasteiger partial charge on any atom is 0.201 e. The molecule has 0 aliphatic carbocycles. The first-order valence-electron chi connectivity index (χ1n) is 7.23. The molecule has 0 bridgehead atoms. The lowest BCUT2D eigenvalue weighted by Crippen LogP contribution is -2.44. The van der Waals surface area contributed by atoms with Gasteiger partial charge in [0.25, 0.3) is 0 Å². The fraction of sp³-hybridized carbons (Fsp3) is 0.333. The fourth-order valence-electron chi connectivity index (χ4n) is 1.94. The number of Topliss-reactive ketones (excluding diaryl/α,β-unsaturated/α-hetero) is 2. The lowest BCUT2D eigenvalue weighted by Gasteiger charge is -2.19. The lowest BCUT2D eigenvalue weighted by atomic mass is 10.4. The summed E-state index contributed by atoms with van der Waals surface area (Å²) in [5.41, 5.74) is 6.30. The normalized spacial score (nSPS) is 10.8. The van der Waals surface area contributed by atoms with E-state index in [0.717, 1.165) is 0 Å². The molecule has 22 heavy (non-hydrogen) atoms. The summed E-state index contributed by atoms with van der Waals surface area (Å²) in [4.78, 5) is 22.1. The Bertz CT molecular complexity index is 642. The molecule has 0 heterocycles. The van der Waals surface area contributed by atoms with Gasteiger partial charge in [-0.25, -0.2) is 0 Å². The van der Waals surface area contributed by atoms with Gasteiger partial charge in [0, 0.05) is 13.8 Å². The number of carbonyl (C=O) groups excluding carboxylic acids is 2. The Morgan fingerprint density at radius 1 is 0.727 bits per heavy atom. The van der Waals surface area contributed by atoms with Crippen molar-refractivity contribution < 1.29 is 9.59 Å². The van der Waals surface area contributed by atoms with Crippen molar-refractivity contribution in [3.63, 3.8) is 0 Å². The van der Waals surface area contributed by atoms with E-state index in [9.17, 15) is 9.59 Å². The molecule has 0 amide bonds. The molecule has 0 N–H and O–H groups in total. The van der Waals surface area contributed by atoms with E-state index < -0.39 is 16.1 Å². The van der Waals surface area contributed by atoms with Crippen LogP contribution in [0.2, 0.25) is 26.2 Å². The summed E-state index contributed by atoms with van der Waals surface area (Å²) in [6, 6.07) is 8.39. The molecule has 1 aromatic rings. The molecule has 0 atom stereocenters. The standard InChI is InChI=1S/C18H22O2Si2/c1-15(19)11-13-21(3,4)17-7-9-18(10-8-17)22(5,6)14-12-16(2)20/h7-10H,1-6H3. The minimum Gasteiger partial charge on any atom is -0.285 e. The van der Waals surface area contributed by atoms with Crippen molar-refractivity contribution in [1.29, 1.82) is 0 Å². The summed E-state index contributed by atoms with van der Waals surface area (Å²) in [6.45, 7) is 11.5. The number of carbonyl (C=O) groups is 2. The fourth-order valence-corrected chi connectivity index (χ4v) is 5.20. The van der Waals surface area contributed by atoms with E-state index in [0.29, 0.717) is 0 Å². The third kappa shape index (κ3) is 5.14. The van der Waals surface area contributed by atoms with Gasteiger partial charge in [-0.3, -0.25) is 9.59 Å². The third-order valence-electron chi connectivity index (χ3n) is 3.43. The SMILES string of the molecule is CC(=O)C#C[Si](C)(C)c1ccc([Si](C)(C)C#CC(C)=O)cc1. The van der Waals surface area contributed by atoms with Crippen molar-refractivity contribution in [2.24, 2.45) is 0 Å². The number of hydrogen-bond acceptors (Lipinski definition) is 2. The van der Waals surface area contributed by atoms with Crippen LogP contribution < -0.4 is 10.4 Å². The van der Waals surface area contributed by atoms with Gasteiger partial charge in [0.1, 0.15) is 0 Å². The first-order chi connectivity index (χ1) is 10.0. The van der Waals surface area contributed by atoms with E-state index >= 15 is 0 Å². The van der Waals surface area contributed by atoms with E-state index in [1.54, 1.807) is 0 Å². The highest BCUT2D eigenvalue weighted by Gasteiger charge is 2.24. The zero-order valence-electron chi connectivity index (χ0n) is 14.1.